The number of nitrogens with zero attached hydrogens (tertiary/aromatic N) is 1. The SMILES string of the molecule is Cc1cc(C)cc(C(=O)N(NC(C)(C)C)C(=O)c2ccc3c(c2C)OCCOB3O)c1. The molecule has 1 aliphatic rings. The number of carbonyl (C=O) groups is 2. The van der Waals surface area contributed by atoms with Gasteiger partial charge in [-0.1, -0.05) is 23.3 Å². The van der Waals surface area contributed by atoms with E-state index in [0.717, 1.165) is 16.1 Å². The number of hydrogen-bond acceptors (Lipinski definition) is 6. The Morgan fingerprint density at radius 2 is 1.68 bits per heavy atom. The number of benzene rings is 2. The smallest absolute Gasteiger partial charge is 0.491 e. The van der Waals surface area contributed by atoms with Crippen molar-refractivity contribution in [2.75, 3.05) is 13.2 Å². The van der Waals surface area contributed by atoms with Gasteiger partial charge in [-0.3, -0.25) is 9.59 Å². The molecule has 0 aliphatic carbocycles. The third-order valence-electron chi connectivity index (χ3n) is 4.86. The largest absolute Gasteiger partial charge is 0.495 e. The monoisotopic (exact) mass is 424 g/mol. The number of hydrogen-bond donors (Lipinski definition) is 2. The standard InChI is InChI=1S/C23H29BN2O5/c1-14-11-15(2)13-17(12-14)21(27)26(25-23(4,5)6)22(28)18-7-8-19-20(16(18)3)30-9-10-31-24(19)29/h7-8,11-13,25,29H,9-10H2,1-6H3. The van der Waals surface area contributed by atoms with Crippen molar-refractivity contribution in [3.8, 4) is 5.75 Å². The lowest BCUT2D eigenvalue weighted by molar-refractivity contribution is 0.0451. The summed E-state index contributed by atoms with van der Waals surface area (Å²) in [6.45, 7) is 11.7. The van der Waals surface area contributed by atoms with Gasteiger partial charge in [-0.15, -0.1) is 0 Å². The van der Waals surface area contributed by atoms with E-state index in [4.69, 9.17) is 9.39 Å². The number of ether oxygens (including phenoxy) is 1. The van der Waals surface area contributed by atoms with Gasteiger partial charge in [0.1, 0.15) is 12.4 Å². The fraction of sp³-hybridized carbons (Fsp3) is 0.391. The van der Waals surface area contributed by atoms with E-state index in [-0.39, 0.29) is 13.2 Å². The minimum atomic E-state index is -1.12. The molecule has 164 valence electrons. The van der Waals surface area contributed by atoms with Crippen molar-refractivity contribution in [2.45, 2.75) is 47.1 Å². The van der Waals surface area contributed by atoms with Crippen molar-refractivity contribution < 1.29 is 24.0 Å². The topological polar surface area (TPSA) is 88.1 Å². The predicted octanol–water partition coefficient (Wildman–Crippen LogP) is 2.29. The molecule has 0 saturated carbocycles. The van der Waals surface area contributed by atoms with E-state index >= 15 is 0 Å². The first-order valence-corrected chi connectivity index (χ1v) is 10.3. The van der Waals surface area contributed by atoms with Crippen LogP contribution >= 0.6 is 0 Å². The third kappa shape index (κ3) is 5.15. The summed E-state index contributed by atoms with van der Waals surface area (Å²) in [7, 11) is -1.12. The predicted molar refractivity (Wildman–Crippen MR) is 120 cm³/mol. The molecule has 0 radical (unpaired) electrons. The summed E-state index contributed by atoms with van der Waals surface area (Å²) < 4.78 is 11.0. The third-order valence-corrected chi connectivity index (χ3v) is 4.86. The van der Waals surface area contributed by atoms with Crippen LogP contribution in [0.15, 0.2) is 30.3 Å². The van der Waals surface area contributed by atoms with Gasteiger partial charge in [-0.25, -0.2) is 10.4 Å². The first-order valence-electron chi connectivity index (χ1n) is 10.3. The Balaban J connectivity index is 2.05. The Kier molecular flexibility index (Phi) is 6.55. The van der Waals surface area contributed by atoms with Crippen LogP contribution in [0, 0.1) is 20.8 Å². The number of imide groups is 1. The number of fused-ring (bicyclic) bond motifs is 1. The molecule has 0 aromatic heterocycles. The van der Waals surface area contributed by atoms with Gasteiger partial charge in [0.25, 0.3) is 11.8 Å². The number of rotatable bonds is 3. The minimum Gasteiger partial charge on any atom is -0.491 e. The summed E-state index contributed by atoms with van der Waals surface area (Å²) in [5, 5.41) is 11.2. The van der Waals surface area contributed by atoms with E-state index in [1.165, 1.54) is 0 Å². The zero-order chi connectivity index (χ0) is 22.9. The molecule has 1 heterocycles. The highest BCUT2D eigenvalue weighted by Crippen LogP contribution is 2.24. The Hall–Kier alpha value is -2.68. The lowest BCUT2D eigenvalue weighted by Crippen LogP contribution is -2.55. The van der Waals surface area contributed by atoms with Crippen molar-refractivity contribution in [3.63, 3.8) is 0 Å². The molecule has 0 saturated heterocycles. The van der Waals surface area contributed by atoms with Gasteiger partial charge in [-0.2, -0.15) is 0 Å². The minimum absolute atomic E-state index is 0.238. The molecule has 0 atom stereocenters. The van der Waals surface area contributed by atoms with Gasteiger partial charge in [0.05, 0.1) is 6.61 Å². The van der Waals surface area contributed by atoms with Gasteiger partial charge < -0.3 is 14.4 Å². The molecule has 2 N–H and O–H groups in total. The van der Waals surface area contributed by atoms with E-state index in [1.807, 2.05) is 40.7 Å². The summed E-state index contributed by atoms with van der Waals surface area (Å²) in [6, 6.07) is 8.69. The van der Waals surface area contributed by atoms with Crippen molar-refractivity contribution in [1.29, 1.82) is 0 Å². The van der Waals surface area contributed by atoms with Crippen LogP contribution in [0.5, 0.6) is 5.75 Å². The molecule has 2 amide bonds. The number of amides is 2. The lowest BCUT2D eigenvalue weighted by Gasteiger charge is -2.31. The fourth-order valence-corrected chi connectivity index (χ4v) is 3.60. The number of hydrazine groups is 1. The maximum atomic E-state index is 13.6. The second-order valence-corrected chi connectivity index (χ2v) is 8.91. The van der Waals surface area contributed by atoms with Crippen LogP contribution in [-0.2, 0) is 4.65 Å². The Bertz CT molecular complexity index is 996. The van der Waals surface area contributed by atoms with E-state index in [0.29, 0.717) is 27.9 Å². The maximum Gasteiger partial charge on any atom is 0.495 e. The van der Waals surface area contributed by atoms with Crippen LogP contribution in [0.25, 0.3) is 0 Å². The zero-order valence-electron chi connectivity index (χ0n) is 18.9. The van der Waals surface area contributed by atoms with Gasteiger partial charge in [-0.05, 0) is 59.7 Å². The van der Waals surface area contributed by atoms with E-state index in [9.17, 15) is 14.6 Å². The lowest BCUT2D eigenvalue weighted by atomic mass is 9.77. The van der Waals surface area contributed by atoms with Gasteiger partial charge in [0.15, 0.2) is 0 Å². The van der Waals surface area contributed by atoms with E-state index in [2.05, 4.69) is 5.43 Å². The molecule has 0 unspecified atom stereocenters. The molecule has 0 fully saturated rings. The molecule has 0 spiro atoms. The fourth-order valence-electron chi connectivity index (χ4n) is 3.60. The molecular formula is C23H29BN2O5. The van der Waals surface area contributed by atoms with Crippen LogP contribution in [0.2, 0.25) is 0 Å². The molecule has 8 heteroatoms. The highest BCUT2D eigenvalue weighted by Gasteiger charge is 2.32. The Morgan fingerprint density at radius 3 is 2.29 bits per heavy atom. The molecule has 3 rings (SSSR count). The van der Waals surface area contributed by atoms with Crippen molar-refractivity contribution in [3.05, 3.63) is 58.1 Å². The highest BCUT2D eigenvalue weighted by atomic mass is 16.6. The normalized spacial score (nSPS) is 13.8. The van der Waals surface area contributed by atoms with Crippen molar-refractivity contribution in [1.82, 2.24) is 10.4 Å². The first kappa shape index (κ1) is 23.0. The maximum absolute atomic E-state index is 13.6. The second-order valence-electron chi connectivity index (χ2n) is 8.91. The van der Waals surface area contributed by atoms with E-state index in [1.54, 1.807) is 31.2 Å². The average molecular weight is 424 g/mol. The summed E-state index contributed by atoms with van der Waals surface area (Å²) in [5.74, 6) is -0.529. The van der Waals surface area contributed by atoms with Crippen LogP contribution < -0.4 is 15.6 Å². The molecule has 31 heavy (non-hydrogen) atoms. The summed E-state index contributed by atoms with van der Waals surface area (Å²) >= 11 is 0. The van der Waals surface area contributed by atoms with Gasteiger partial charge >= 0.3 is 7.12 Å². The molecule has 7 nitrogen and oxygen atoms in total. The number of carbonyl (C=O) groups excluding carboxylic acids is 2. The van der Waals surface area contributed by atoms with Crippen LogP contribution in [-0.4, -0.2) is 47.7 Å². The zero-order valence-corrected chi connectivity index (χ0v) is 18.9. The number of aryl methyl sites for hydroxylation is 2. The van der Waals surface area contributed by atoms with E-state index < -0.39 is 24.5 Å². The number of nitrogens with one attached hydrogen (secondary N) is 1. The van der Waals surface area contributed by atoms with Crippen LogP contribution in [0.4, 0.5) is 0 Å². The Labute approximate surface area is 183 Å². The second kappa shape index (κ2) is 8.82. The van der Waals surface area contributed by atoms with Crippen LogP contribution in [0.3, 0.4) is 0 Å². The molecule has 2 aromatic rings. The highest BCUT2D eigenvalue weighted by molar-refractivity contribution is 6.61. The van der Waals surface area contributed by atoms with Gasteiger partial charge in [0, 0.05) is 27.7 Å². The first-order chi connectivity index (χ1) is 14.5. The van der Waals surface area contributed by atoms with Crippen molar-refractivity contribution >= 4 is 24.4 Å². The molecule has 2 aromatic carbocycles. The summed E-state index contributed by atoms with van der Waals surface area (Å²) in [6.07, 6.45) is 0. The average Bonchev–Trinajstić information content (AvgIpc) is 2.86. The van der Waals surface area contributed by atoms with Crippen LogP contribution in [0.1, 0.15) is 58.2 Å². The van der Waals surface area contributed by atoms with Crippen molar-refractivity contribution in [2.24, 2.45) is 0 Å². The Morgan fingerprint density at radius 1 is 1.03 bits per heavy atom. The molecular weight excluding hydrogens is 395 g/mol. The molecule has 0 bridgehead atoms. The van der Waals surface area contributed by atoms with Gasteiger partial charge in [0.2, 0.25) is 0 Å². The summed E-state index contributed by atoms with van der Waals surface area (Å²) in [5.41, 5.74) is 6.12. The quantitative estimate of drug-likeness (QED) is 0.447. The summed E-state index contributed by atoms with van der Waals surface area (Å²) in [4.78, 5) is 27.0. The molecule has 1 aliphatic heterocycles.